The zero-order valence-corrected chi connectivity index (χ0v) is 18.6. The molecule has 2 aromatic rings. The molecule has 1 aromatic carbocycles. The second kappa shape index (κ2) is 10.6. The van der Waals surface area contributed by atoms with Gasteiger partial charge in [0.2, 0.25) is 6.79 Å². The zero-order valence-electron chi connectivity index (χ0n) is 15.4. The topological polar surface area (TPSA) is 64.1 Å². The van der Waals surface area contributed by atoms with E-state index in [1.807, 2.05) is 5.38 Å². The number of nitrogens with zero attached hydrogens (tertiary/aromatic N) is 1. The molecule has 1 aliphatic heterocycles. The summed E-state index contributed by atoms with van der Waals surface area (Å²) in [5.41, 5.74) is 1.78. The molecule has 1 atom stereocenters. The van der Waals surface area contributed by atoms with Gasteiger partial charge < -0.3 is 24.8 Å². The number of ether oxygens (including phenoxy) is 3. The summed E-state index contributed by atoms with van der Waals surface area (Å²) in [5, 5.41) is 10.5. The normalized spacial score (nSPS) is 13.8. The number of thiophene rings is 1. The molecule has 0 saturated heterocycles. The Kier molecular flexibility index (Phi) is 8.55. The van der Waals surface area contributed by atoms with Gasteiger partial charge in [-0.25, -0.2) is 0 Å². The monoisotopic (exact) mass is 525 g/mol. The van der Waals surface area contributed by atoms with Crippen LogP contribution in [0.4, 0.5) is 8.78 Å². The molecule has 28 heavy (non-hydrogen) atoms. The fourth-order valence-corrected chi connectivity index (χ4v) is 3.41. The van der Waals surface area contributed by atoms with Crippen LogP contribution in [0.2, 0.25) is 0 Å². The number of guanidine groups is 1. The largest absolute Gasteiger partial charge is 0.454 e. The van der Waals surface area contributed by atoms with Crippen LogP contribution in [0.1, 0.15) is 24.0 Å². The van der Waals surface area contributed by atoms with E-state index in [1.54, 1.807) is 24.5 Å². The van der Waals surface area contributed by atoms with Gasteiger partial charge in [-0.1, -0.05) is 6.92 Å². The summed E-state index contributed by atoms with van der Waals surface area (Å²) in [4.78, 5) is 4.17. The highest BCUT2D eigenvalue weighted by atomic mass is 127. The Hall–Kier alpha value is -1.82. The fourth-order valence-electron chi connectivity index (χ4n) is 2.63. The highest BCUT2D eigenvalue weighted by Crippen LogP contribution is 2.38. The summed E-state index contributed by atoms with van der Waals surface area (Å²) in [6, 6.07) is 5.14. The van der Waals surface area contributed by atoms with Crippen LogP contribution in [0, 0.1) is 0 Å². The third-order valence-corrected chi connectivity index (χ3v) is 4.83. The molecular formula is C18H22F2IN3O3S. The van der Waals surface area contributed by atoms with Crippen LogP contribution in [0.3, 0.4) is 0 Å². The van der Waals surface area contributed by atoms with Gasteiger partial charge in [0.1, 0.15) is 5.75 Å². The van der Waals surface area contributed by atoms with E-state index in [4.69, 9.17) is 9.47 Å². The molecule has 10 heteroatoms. The van der Waals surface area contributed by atoms with E-state index in [1.165, 1.54) is 11.6 Å². The van der Waals surface area contributed by atoms with E-state index in [0.717, 1.165) is 0 Å². The number of halogens is 3. The molecule has 6 nitrogen and oxygen atoms in total. The van der Waals surface area contributed by atoms with Gasteiger partial charge in [0, 0.05) is 31.8 Å². The Bertz CT molecular complexity index is 791. The van der Waals surface area contributed by atoms with Gasteiger partial charge in [0.15, 0.2) is 17.5 Å². The third kappa shape index (κ3) is 5.84. The van der Waals surface area contributed by atoms with Crippen LogP contribution in [-0.4, -0.2) is 33.0 Å². The lowest BCUT2D eigenvalue weighted by Gasteiger charge is -2.17. The van der Waals surface area contributed by atoms with Crippen molar-refractivity contribution in [2.75, 3.05) is 20.4 Å². The van der Waals surface area contributed by atoms with Crippen molar-refractivity contribution < 1.29 is 23.0 Å². The SMILES string of the molecule is CN=C(NCc1cc2c(cc1OC(F)F)OCO2)NCC(C)c1ccsc1.I. The van der Waals surface area contributed by atoms with Gasteiger partial charge in [0.05, 0.1) is 0 Å². The third-order valence-electron chi connectivity index (χ3n) is 4.13. The molecular weight excluding hydrogens is 503 g/mol. The van der Waals surface area contributed by atoms with Crippen molar-refractivity contribution >= 4 is 41.3 Å². The summed E-state index contributed by atoms with van der Waals surface area (Å²) < 4.78 is 40.6. The van der Waals surface area contributed by atoms with Crippen LogP contribution in [0.25, 0.3) is 0 Å². The molecule has 3 rings (SSSR count). The van der Waals surface area contributed by atoms with Gasteiger partial charge in [-0.3, -0.25) is 4.99 Å². The van der Waals surface area contributed by atoms with E-state index in [9.17, 15) is 8.78 Å². The molecule has 2 N–H and O–H groups in total. The van der Waals surface area contributed by atoms with Crippen LogP contribution in [0.15, 0.2) is 34.0 Å². The highest BCUT2D eigenvalue weighted by molar-refractivity contribution is 14.0. The minimum Gasteiger partial charge on any atom is -0.454 e. The molecule has 0 bridgehead atoms. The number of hydrogen-bond acceptors (Lipinski definition) is 5. The Balaban J connectivity index is 0.00000280. The van der Waals surface area contributed by atoms with Gasteiger partial charge in [-0.05, 0) is 34.4 Å². The summed E-state index contributed by atoms with van der Waals surface area (Å²) in [6.07, 6.45) is 0. The predicted molar refractivity (Wildman–Crippen MR) is 116 cm³/mol. The first-order chi connectivity index (χ1) is 13.1. The molecule has 0 amide bonds. The van der Waals surface area contributed by atoms with Gasteiger partial charge in [0.25, 0.3) is 0 Å². The van der Waals surface area contributed by atoms with Crippen molar-refractivity contribution in [1.82, 2.24) is 10.6 Å². The molecule has 1 aliphatic rings. The maximum absolute atomic E-state index is 12.7. The van der Waals surface area contributed by atoms with Crippen LogP contribution < -0.4 is 24.8 Å². The molecule has 1 aromatic heterocycles. The molecule has 1 unspecified atom stereocenters. The molecule has 2 heterocycles. The minimum atomic E-state index is -2.92. The van der Waals surface area contributed by atoms with E-state index < -0.39 is 6.61 Å². The predicted octanol–water partition coefficient (Wildman–Crippen LogP) is 4.16. The second-order valence-corrected chi connectivity index (χ2v) is 6.74. The summed E-state index contributed by atoms with van der Waals surface area (Å²) >= 11 is 1.66. The Morgan fingerprint density at radius 2 is 2.04 bits per heavy atom. The van der Waals surface area contributed by atoms with Crippen molar-refractivity contribution in [2.45, 2.75) is 26.0 Å². The van der Waals surface area contributed by atoms with Gasteiger partial charge in [-0.2, -0.15) is 20.1 Å². The standard InChI is InChI=1S/C18H21F2N3O3S.HI/c1-11(12-3-4-27-9-12)7-22-18(21-2)23-8-13-5-15-16(25-10-24-15)6-14(13)26-17(19)20;/h3-6,9,11,17H,7-8,10H2,1-2H3,(H2,21,22,23);1H. The van der Waals surface area contributed by atoms with Crippen LogP contribution in [-0.2, 0) is 6.54 Å². The minimum absolute atomic E-state index is 0. The number of rotatable bonds is 7. The molecule has 154 valence electrons. The fraction of sp³-hybridized carbons (Fsp3) is 0.389. The quantitative estimate of drug-likeness (QED) is 0.323. The first-order valence-electron chi connectivity index (χ1n) is 8.40. The molecule has 0 radical (unpaired) electrons. The molecule has 0 aliphatic carbocycles. The van der Waals surface area contributed by atoms with E-state index in [-0.39, 0.29) is 43.1 Å². The Labute approximate surface area is 183 Å². The van der Waals surface area contributed by atoms with Crippen LogP contribution in [0.5, 0.6) is 17.2 Å². The Morgan fingerprint density at radius 1 is 1.29 bits per heavy atom. The maximum atomic E-state index is 12.7. The zero-order chi connectivity index (χ0) is 19.2. The van der Waals surface area contributed by atoms with Crippen molar-refractivity contribution in [3.05, 3.63) is 40.1 Å². The highest BCUT2D eigenvalue weighted by Gasteiger charge is 2.20. The lowest BCUT2D eigenvalue weighted by molar-refractivity contribution is -0.0505. The van der Waals surface area contributed by atoms with Gasteiger partial charge >= 0.3 is 6.61 Å². The second-order valence-electron chi connectivity index (χ2n) is 5.96. The number of nitrogens with one attached hydrogen (secondary N) is 2. The first kappa shape index (κ1) is 22.5. The lowest BCUT2D eigenvalue weighted by atomic mass is 10.1. The van der Waals surface area contributed by atoms with E-state index >= 15 is 0 Å². The Morgan fingerprint density at radius 3 is 2.68 bits per heavy atom. The number of aliphatic imine (C=N–C) groups is 1. The van der Waals surface area contributed by atoms with E-state index in [2.05, 4.69) is 38.7 Å². The molecule has 0 saturated carbocycles. The number of alkyl halides is 2. The number of benzene rings is 1. The average Bonchev–Trinajstić information content (AvgIpc) is 3.32. The average molecular weight is 525 g/mol. The van der Waals surface area contributed by atoms with Crippen LogP contribution >= 0.6 is 35.3 Å². The van der Waals surface area contributed by atoms with Crippen molar-refractivity contribution in [3.63, 3.8) is 0 Å². The molecule has 0 spiro atoms. The summed E-state index contributed by atoms with van der Waals surface area (Å²) in [6.45, 7) is 0.190. The summed E-state index contributed by atoms with van der Waals surface area (Å²) in [5.74, 6) is 1.82. The smallest absolute Gasteiger partial charge is 0.387 e. The maximum Gasteiger partial charge on any atom is 0.387 e. The number of fused-ring (bicyclic) bond motifs is 1. The van der Waals surface area contributed by atoms with E-state index in [0.29, 0.717) is 35.5 Å². The van der Waals surface area contributed by atoms with Gasteiger partial charge in [-0.15, -0.1) is 24.0 Å². The molecule has 0 fully saturated rings. The first-order valence-corrected chi connectivity index (χ1v) is 9.35. The number of hydrogen-bond donors (Lipinski definition) is 2. The lowest BCUT2D eigenvalue weighted by Crippen LogP contribution is -2.38. The van der Waals surface area contributed by atoms with Crippen molar-refractivity contribution in [2.24, 2.45) is 4.99 Å². The summed E-state index contributed by atoms with van der Waals surface area (Å²) in [7, 11) is 1.65. The van der Waals surface area contributed by atoms with Crippen molar-refractivity contribution in [3.8, 4) is 17.2 Å². The van der Waals surface area contributed by atoms with Crippen molar-refractivity contribution in [1.29, 1.82) is 0 Å².